The van der Waals surface area contributed by atoms with Gasteiger partial charge in [0, 0.05) is 42.7 Å². The van der Waals surface area contributed by atoms with Gasteiger partial charge in [-0.15, -0.1) is 24.0 Å². The zero-order valence-corrected chi connectivity index (χ0v) is 16.7. The molecule has 0 saturated carbocycles. The molecule has 2 heterocycles. The fraction of sp³-hybridized carbons (Fsp3) is 0.933. The Kier molecular flexibility index (Phi) is 8.71. The van der Waals surface area contributed by atoms with Gasteiger partial charge >= 0.3 is 0 Å². The van der Waals surface area contributed by atoms with Crippen molar-refractivity contribution >= 4 is 41.7 Å². The van der Waals surface area contributed by atoms with Crippen LogP contribution in [-0.2, 0) is 4.74 Å². The number of guanidine groups is 1. The number of thioether (sulfide) groups is 1. The zero-order chi connectivity index (χ0) is 14.4. The van der Waals surface area contributed by atoms with Crippen LogP contribution in [-0.4, -0.2) is 61.3 Å². The number of halogens is 1. The third kappa shape index (κ3) is 5.78. The number of nitrogens with zero attached hydrogens (tertiary/aromatic N) is 2. The monoisotopic (exact) mass is 427 g/mol. The summed E-state index contributed by atoms with van der Waals surface area (Å²) in [7, 11) is 0. The molecule has 6 heteroatoms. The van der Waals surface area contributed by atoms with E-state index in [0.29, 0.717) is 0 Å². The van der Waals surface area contributed by atoms with Crippen molar-refractivity contribution in [1.82, 2.24) is 10.2 Å². The van der Waals surface area contributed by atoms with Gasteiger partial charge in [-0.05, 0) is 19.8 Å². The lowest BCUT2D eigenvalue weighted by Crippen LogP contribution is -2.48. The molecule has 0 amide bonds. The van der Waals surface area contributed by atoms with Gasteiger partial charge in [0.25, 0.3) is 0 Å². The molecule has 4 nitrogen and oxygen atoms in total. The molecule has 2 saturated heterocycles. The lowest BCUT2D eigenvalue weighted by Gasteiger charge is -2.34. The molecule has 2 atom stereocenters. The molecular weight excluding hydrogens is 397 g/mol. The summed E-state index contributed by atoms with van der Waals surface area (Å²) in [5.41, 5.74) is 0.232. The van der Waals surface area contributed by atoms with Crippen molar-refractivity contribution in [3.63, 3.8) is 0 Å². The number of aliphatic imine (C=N–C) groups is 1. The van der Waals surface area contributed by atoms with Gasteiger partial charge in [0.05, 0.1) is 13.2 Å². The van der Waals surface area contributed by atoms with Crippen molar-refractivity contribution in [2.75, 3.05) is 45.1 Å². The molecule has 2 rings (SSSR count). The topological polar surface area (TPSA) is 36.9 Å². The molecule has 2 aliphatic rings. The van der Waals surface area contributed by atoms with Crippen LogP contribution in [0.3, 0.4) is 0 Å². The first-order valence-electron chi connectivity index (χ1n) is 7.89. The first-order valence-corrected chi connectivity index (χ1v) is 8.94. The third-order valence-electron chi connectivity index (χ3n) is 4.14. The van der Waals surface area contributed by atoms with Gasteiger partial charge < -0.3 is 15.0 Å². The van der Waals surface area contributed by atoms with Gasteiger partial charge in [-0.3, -0.25) is 4.99 Å². The standard InChI is InChI=1S/C15H29N3OS.HI/c1-4-13-10-18(7-9-20-13)14(16-5-2)17-11-15(3)6-8-19-12-15;/h13H,4-12H2,1-3H3,(H,16,17);1H. The molecule has 2 unspecified atom stereocenters. The molecule has 124 valence electrons. The predicted molar refractivity (Wildman–Crippen MR) is 103 cm³/mol. The summed E-state index contributed by atoms with van der Waals surface area (Å²) in [6, 6.07) is 0. The molecule has 2 fully saturated rings. The zero-order valence-electron chi connectivity index (χ0n) is 13.6. The van der Waals surface area contributed by atoms with E-state index in [1.807, 2.05) is 0 Å². The Morgan fingerprint density at radius 1 is 1.48 bits per heavy atom. The summed E-state index contributed by atoms with van der Waals surface area (Å²) in [6.45, 7) is 12.5. The summed E-state index contributed by atoms with van der Waals surface area (Å²) >= 11 is 2.10. The Hall–Kier alpha value is 0.310. The minimum atomic E-state index is 0. The van der Waals surface area contributed by atoms with Crippen LogP contribution in [0.25, 0.3) is 0 Å². The second-order valence-electron chi connectivity index (χ2n) is 6.13. The van der Waals surface area contributed by atoms with Crippen molar-refractivity contribution in [3.8, 4) is 0 Å². The van der Waals surface area contributed by atoms with E-state index in [4.69, 9.17) is 9.73 Å². The highest BCUT2D eigenvalue weighted by atomic mass is 127. The van der Waals surface area contributed by atoms with E-state index in [1.54, 1.807) is 0 Å². The van der Waals surface area contributed by atoms with Crippen molar-refractivity contribution in [1.29, 1.82) is 0 Å². The highest BCUT2D eigenvalue weighted by molar-refractivity contribution is 14.0. The van der Waals surface area contributed by atoms with Crippen LogP contribution in [0.2, 0.25) is 0 Å². The van der Waals surface area contributed by atoms with E-state index >= 15 is 0 Å². The van der Waals surface area contributed by atoms with Gasteiger partial charge in [0.15, 0.2) is 5.96 Å². The highest BCUT2D eigenvalue weighted by Crippen LogP contribution is 2.28. The van der Waals surface area contributed by atoms with E-state index in [1.165, 1.54) is 12.2 Å². The highest BCUT2D eigenvalue weighted by Gasteiger charge is 2.30. The summed E-state index contributed by atoms with van der Waals surface area (Å²) in [5, 5.41) is 4.21. The van der Waals surface area contributed by atoms with Crippen LogP contribution < -0.4 is 5.32 Å². The molecule has 0 aromatic carbocycles. The first kappa shape index (κ1) is 19.4. The normalized spacial score (nSPS) is 30.1. The van der Waals surface area contributed by atoms with Crippen molar-refractivity contribution in [2.45, 2.75) is 38.9 Å². The van der Waals surface area contributed by atoms with Crippen LogP contribution in [0.4, 0.5) is 0 Å². The third-order valence-corrected chi connectivity index (χ3v) is 5.51. The van der Waals surface area contributed by atoms with Crippen LogP contribution in [0.15, 0.2) is 4.99 Å². The second-order valence-corrected chi connectivity index (χ2v) is 7.54. The minimum absolute atomic E-state index is 0. The molecule has 2 aliphatic heterocycles. The second kappa shape index (κ2) is 9.45. The van der Waals surface area contributed by atoms with Crippen molar-refractivity contribution in [2.24, 2.45) is 10.4 Å². The number of hydrogen-bond donors (Lipinski definition) is 1. The number of rotatable bonds is 4. The van der Waals surface area contributed by atoms with Crippen molar-refractivity contribution in [3.05, 3.63) is 0 Å². The van der Waals surface area contributed by atoms with Gasteiger partial charge in [-0.25, -0.2) is 0 Å². The van der Waals surface area contributed by atoms with Crippen molar-refractivity contribution < 1.29 is 4.74 Å². The van der Waals surface area contributed by atoms with Crippen LogP contribution in [0.5, 0.6) is 0 Å². The Labute approximate surface area is 150 Å². The maximum Gasteiger partial charge on any atom is 0.193 e. The molecular formula is C15H30IN3OS. The van der Waals surface area contributed by atoms with Crippen LogP contribution in [0, 0.1) is 5.41 Å². The van der Waals surface area contributed by atoms with E-state index < -0.39 is 0 Å². The molecule has 0 bridgehead atoms. The molecule has 21 heavy (non-hydrogen) atoms. The Balaban J connectivity index is 0.00000220. The maximum absolute atomic E-state index is 5.53. The Morgan fingerprint density at radius 3 is 2.90 bits per heavy atom. The van der Waals surface area contributed by atoms with Crippen LogP contribution in [0.1, 0.15) is 33.6 Å². The van der Waals surface area contributed by atoms with E-state index in [0.717, 1.165) is 57.0 Å². The summed E-state index contributed by atoms with van der Waals surface area (Å²) in [5.74, 6) is 2.31. The van der Waals surface area contributed by atoms with Crippen LogP contribution >= 0.6 is 35.7 Å². The molecule has 1 N–H and O–H groups in total. The predicted octanol–water partition coefficient (Wildman–Crippen LogP) is 2.82. The Bertz CT molecular complexity index is 335. The molecule has 0 aromatic heterocycles. The molecule has 0 radical (unpaired) electrons. The largest absolute Gasteiger partial charge is 0.381 e. The molecule has 0 aliphatic carbocycles. The number of hydrogen-bond acceptors (Lipinski definition) is 3. The van der Waals surface area contributed by atoms with Gasteiger partial charge in [-0.1, -0.05) is 13.8 Å². The smallest absolute Gasteiger partial charge is 0.193 e. The summed E-state index contributed by atoms with van der Waals surface area (Å²) < 4.78 is 5.53. The summed E-state index contributed by atoms with van der Waals surface area (Å²) in [4.78, 5) is 7.34. The Morgan fingerprint density at radius 2 is 2.29 bits per heavy atom. The number of ether oxygens (including phenoxy) is 1. The number of nitrogens with one attached hydrogen (secondary N) is 1. The lowest BCUT2D eigenvalue weighted by molar-refractivity contribution is 0.162. The van der Waals surface area contributed by atoms with Gasteiger partial charge in [-0.2, -0.15) is 11.8 Å². The SMILES string of the molecule is CCNC(=NCC1(C)CCOC1)N1CCSC(CC)C1.I. The fourth-order valence-electron chi connectivity index (χ4n) is 2.68. The average Bonchev–Trinajstić information content (AvgIpc) is 2.90. The van der Waals surface area contributed by atoms with Gasteiger partial charge in [0.2, 0.25) is 0 Å². The van der Waals surface area contributed by atoms with E-state index in [2.05, 4.69) is 42.7 Å². The molecule has 0 aromatic rings. The first-order chi connectivity index (χ1) is 9.67. The quantitative estimate of drug-likeness (QED) is 0.426. The van der Waals surface area contributed by atoms with E-state index in [-0.39, 0.29) is 29.4 Å². The minimum Gasteiger partial charge on any atom is -0.381 e. The molecule has 0 spiro atoms. The average molecular weight is 427 g/mol. The summed E-state index contributed by atoms with van der Waals surface area (Å²) in [6.07, 6.45) is 2.37. The fourth-order valence-corrected chi connectivity index (χ4v) is 3.86. The van der Waals surface area contributed by atoms with E-state index in [9.17, 15) is 0 Å². The lowest BCUT2D eigenvalue weighted by atomic mass is 9.90. The maximum atomic E-state index is 5.53. The van der Waals surface area contributed by atoms with Gasteiger partial charge in [0.1, 0.15) is 0 Å².